The van der Waals surface area contributed by atoms with Crippen LogP contribution in [0.4, 0.5) is 39.8 Å². The Kier molecular flexibility index (Phi) is 9.31. The molecule has 2 unspecified atom stereocenters. The van der Waals surface area contributed by atoms with Gasteiger partial charge in [0.1, 0.15) is 6.17 Å². The van der Waals surface area contributed by atoms with Gasteiger partial charge in [-0.05, 0) is 123 Å². The van der Waals surface area contributed by atoms with Crippen molar-refractivity contribution in [1.29, 1.82) is 0 Å². The van der Waals surface area contributed by atoms with E-state index in [2.05, 4.69) is 265 Å². The molecule has 9 aromatic rings. The molecule has 0 aliphatic carbocycles. The molecule has 0 spiro atoms. The normalized spacial score (nSPS) is 16.0. The van der Waals surface area contributed by atoms with Crippen LogP contribution >= 0.6 is 0 Å². The molecule has 0 aromatic heterocycles. The SMILES string of the molecule is CC1(C)c2cc(-c3ccc(N(c4ccc(-c5ccccc5)cc4)c4ccc(-c5ccccc5)cc4)cc3)ccc2N(c2ccccc2)C2C1c1ccccc1N2c1ccccc1. The number of rotatable bonds is 8. The van der Waals surface area contributed by atoms with E-state index in [1.807, 2.05) is 0 Å². The summed E-state index contributed by atoms with van der Waals surface area (Å²) in [6.45, 7) is 4.90. The minimum absolute atomic E-state index is 0.0549. The molecule has 3 nitrogen and oxygen atoms in total. The minimum atomic E-state index is -0.185. The van der Waals surface area contributed by atoms with E-state index >= 15 is 0 Å². The van der Waals surface area contributed by atoms with Crippen LogP contribution in [0.2, 0.25) is 0 Å². The monoisotopic (exact) mass is 797 g/mol. The lowest BCUT2D eigenvalue weighted by Gasteiger charge is -2.51. The molecule has 62 heavy (non-hydrogen) atoms. The Bertz CT molecular complexity index is 2880. The van der Waals surface area contributed by atoms with Crippen molar-refractivity contribution >= 4 is 39.8 Å². The van der Waals surface area contributed by atoms with Gasteiger partial charge < -0.3 is 14.7 Å². The zero-order valence-electron chi connectivity index (χ0n) is 35.0. The van der Waals surface area contributed by atoms with Crippen molar-refractivity contribution in [2.75, 3.05) is 14.7 Å². The molecule has 0 fully saturated rings. The lowest BCUT2D eigenvalue weighted by atomic mass is 9.66. The van der Waals surface area contributed by atoms with Gasteiger partial charge in [0.2, 0.25) is 0 Å². The van der Waals surface area contributed by atoms with Crippen LogP contribution in [-0.2, 0) is 5.41 Å². The van der Waals surface area contributed by atoms with E-state index in [0.29, 0.717) is 0 Å². The van der Waals surface area contributed by atoms with Crippen LogP contribution < -0.4 is 14.7 Å². The number of hydrogen-bond donors (Lipinski definition) is 0. The smallest absolute Gasteiger partial charge is 0.119 e. The van der Waals surface area contributed by atoms with Crippen molar-refractivity contribution in [3.8, 4) is 33.4 Å². The van der Waals surface area contributed by atoms with Crippen molar-refractivity contribution in [3.05, 3.63) is 248 Å². The molecule has 2 aliphatic heterocycles. The predicted molar refractivity (Wildman–Crippen MR) is 261 cm³/mol. The fraction of sp³-hybridized carbons (Fsp3) is 0.0847. The highest BCUT2D eigenvalue weighted by molar-refractivity contribution is 5.85. The maximum absolute atomic E-state index is 2.59. The lowest BCUT2D eigenvalue weighted by Crippen LogP contribution is -2.53. The first-order valence-corrected chi connectivity index (χ1v) is 21.7. The van der Waals surface area contributed by atoms with Crippen molar-refractivity contribution < 1.29 is 0 Å². The van der Waals surface area contributed by atoms with Gasteiger partial charge in [-0.3, -0.25) is 0 Å². The van der Waals surface area contributed by atoms with Crippen LogP contribution in [0, 0.1) is 0 Å². The third kappa shape index (κ3) is 6.45. The average Bonchev–Trinajstić information content (AvgIpc) is 3.69. The Morgan fingerprint density at radius 1 is 0.355 bits per heavy atom. The summed E-state index contributed by atoms with van der Waals surface area (Å²) in [6, 6.07) is 86.2. The highest BCUT2D eigenvalue weighted by Crippen LogP contribution is 2.61. The van der Waals surface area contributed by atoms with Gasteiger partial charge in [0.25, 0.3) is 0 Å². The molecule has 2 heterocycles. The third-order valence-electron chi connectivity index (χ3n) is 13.1. The maximum atomic E-state index is 2.59. The number of benzene rings is 9. The zero-order valence-corrected chi connectivity index (χ0v) is 35.0. The van der Waals surface area contributed by atoms with Gasteiger partial charge in [-0.2, -0.15) is 0 Å². The second-order valence-corrected chi connectivity index (χ2v) is 17.0. The van der Waals surface area contributed by atoms with Crippen LogP contribution in [0.15, 0.2) is 237 Å². The molecule has 0 bridgehead atoms. The van der Waals surface area contributed by atoms with Gasteiger partial charge in [0.05, 0.1) is 0 Å². The summed E-state index contributed by atoms with van der Waals surface area (Å²) >= 11 is 0. The first kappa shape index (κ1) is 37.4. The number of anilines is 7. The van der Waals surface area contributed by atoms with Crippen LogP contribution in [0.25, 0.3) is 33.4 Å². The minimum Gasteiger partial charge on any atom is -0.319 e. The fourth-order valence-corrected chi connectivity index (χ4v) is 10.1. The Morgan fingerprint density at radius 3 is 1.21 bits per heavy atom. The molecule has 2 aliphatic rings. The summed E-state index contributed by atoms with van der Waals surface area (Å²) < 4.78 is 0. The Hall–Kier alpha value is -7.62. The Labute approximate surface area is 365 Å². The standard InChI is InChI=1S/C59H47N3/c1-59(2)54-41-47(33-40-56(54)62(49-23-13-6-14-24-49)58-57(59)53-25-15-16-26-55(53)61(58)48-21-11-5-12-22-48)46-31-38-52(39-32-46)60(50-34-27-44(28-35-50)42-17-7-3-8-18-42)51-36-29-45(30-37-51)43-19-9-4-10-20-43/h3-41,57-58H,1-2H3. The molecule has 0 amide bonds. The molecule has 2 atom stereocenters. The van der Waals surface area contributed by atoms with Gasteiger partial charge in [0, 0.05) is 51.1 Å². The van der Waals surface area contributed by atoms with Crippen LogP contribution in [-0.4, -0.2) is 6.17 Å². The second-order valence-electron chi connectivity index (χ2n) is 17.0. The Balaban J connectivity index is 0.991. The molecule has 298 valence electrons. The predicted octanol–water partition coefficient (Wildman–Crippen LogP) is 15.8. The molecular formula is C59H47N3. The van der Waals surface area contributed by atoms with E-state index in [4.69, 9.17) is 0 Å². The van der Waals surface area contributed by atoms with Gasteiger partial charge in [-0.1, -0.05) is 172 Å². The van der Waals surface area contributed by atoms with Gasteiger partial charge in [-0.15, -0.1) is 0 Å². The molecule has 0 saturated heterocycles. The largest absolute Gasteiger partial charge is 0.319 e. The van der Waals surface area contributed by atoms with Crippen molar-refractivity contribution in [2.45, 2.75) is 31.3 Å². The first-order valence-electron chi connectivity index (χ1n) is 21.7. The van der Waals surface area contributed by atoms with Crippen LogP contribution in [0.1, 0.15) is 30.9 Å². The van der Waals surface area contributed by atoms with Crippen molar-refractivity contribution in [3.63, 3.8) is 0 Å². The molecule has 0 saturated carbocycles. The number of nitrogens with zero attached hydrogens (tertiary/aromatic N) is 3. The molecule has 3 heteroatoms. The fourth-order valence-electron chi connectivity index (χ4n) is 10.1. The van der Waals surface area contributed by atoms with Crippen LogP contribution in [0.5, 0.6) is 0 Å². The van der Waals surface area contributed by atoms with Gasteiger partial charge in [-0.25, -0.2) is 0 Å². The number of hydrogen-bond acceptors (Lipinski definition) is 3. The molecular weight excluding hydrogens is 751 g/mol. The number of para-hydroxylation sites is 3. The summed E-state index contributed by atoms with van der Waals surface area (Å²) in [6.07, 6.45) is 0.0549. The quantitative estimate of drug-likeness (QED) is 0.152. The second kappa shape index (κ2) is 15.4. The van der Waals surface area contributed by atoms with E-state index in [-0.39, 0.29) is 17.5 Å². The highest BCUT2D eigenvalue weighted by Gasteiger charge is 2.54. The lowest BCUT2D eigenvalue weighted by molar-refractivity contribution is 0.353. The molecule has 9 aromatic carbocycles. The van der Waals surface area contributed by atoms with Crippen LogP contribution in [0.3, 0.4) is 0 Å². The average molecular weight is 798 g/mol. The number of fused-ring (bicyclic) bond motifs is 4. The van der Waals surface area contributed by atoms with Crippen molar-refractivity contribution in [2.24, 2.45) is 0 Å². The van der Waals surface area contributed by atoms with Gasteiger partial charge in [0.15, 0.2) is 0 Å². The highest BCUT2D eigenvalue weighted by atomic mass is 15.4. The molecule has 0 N–H and O–H groups in total. The summed E-state index contributed by atoms with van der Waals surface area (Å²) in [5, 5.41) is 0. The van der Waals surface area contributed by atoms with E-state index in [0.717, 1.165) is 17.1 Å². The molecule has 0 radical (unpaired) electrons. The van der Waals surface area contributed by atoms with E-state index in [1.54, 1.807) is 0 Å². The maximum Gasteiger partial charge on any atom is 0.119 e. The summed E-state index contributed by atoms with van der Waals surface area (Å²) in [5.74, 6) is 0.208. The summed E-state index contributed by atoms with van der Waals surface area (Å²) in [7, 11) is 0. The van der Waals surface area contributed by atoms with E-state index in [1.165, 1.54) is 67.3 Å². The Morgan fingerprint density at radius 2 is 0.726 bits per heavy atom. The summed E-state index contributed by atoms with van der Waals surface area (Å²) in [4.78, 5) is 7.52. The van der Waals surface area contributed by atoms with Gasteiger partial charge >= 0.3 is 0 Å². The zero-order chi connectivity index (χ0) is 41.6. The third-order valence-corrected chi connectivity index (χ3v) is 13.1. The van der Waals surface area contributed by atoms with Crippen molar-refractivity contribution in [1.82, 2.24) is 0 Å². The molecule has 11 rings (SSSR count). The summed E-state index contributed by atoms with van der Waals surface area (Å²) in [5.41, 5.74) is 18.0. The topological polar surface area (TPSA) is 9.72 Å². The van der Waals surface area contributed by atoms with E-state index in [9.17, 15) is 0 Å². The first-order chi connectivity index (χ1) is 30.5. The van der Waals surface area contributed by atoms with E-state index < -0.39 is 0 Å².